The molecule has 0 radical (unpaired) electrons. The first kappa shape index (κ1) is 106. The number of fused-ring (bicyclic) bond motifs is 14. The molecule has 0 aromatic heterocycles. The van der Waals surface area contributed by atoms with Gasteiger partial charge in [-0.2, -0.15) is 0 Å². The maximum Gasteiger partial charge on any atom is 0.252 e. The van der Waals surface area contributed by atoms with Crippen molar-refractivity contribution < 1.29 is 137 Å². The molecule has 20 N–H and O–H groups in total. The van der Waals surface area contributed by atoms with E-state index in [0.717, 1.165) is 86.3 Å². The molecule has 772 valence electrons. The van der Waals surface area contributed by atoms with Gasteiger partial charge in [0, 0.05) is 61.4 Å². The smallest absolute Gasteiger partial charge is 0.252 e. The molecule has 0 aliphatic carbocycles. The molecule has 17 bridgehead atoms. The van der Waals surface area contributed by atoms with Gasteiger partial charge in [-0.15, -0.1) is 0 Å². The summed E-state index contributed by atoms with van der Waals surface area (Å²) in [5.41, 5.74) is -1.13. The Morgan fingerprint density at radius 1 is 0.490 bits per heavy atom. The number of nitrogens with one attached hydrogen (secondary N) is 9. The van der Waals surface area contributed by atoms with Crippen LogP contribution in [-0.4, -0.2) is 273 Å². The molecule has 2 fully saturated rings. The molecule has 0 spiro atoms. The summed E-state index contributed by atoms with van der Waals surface area (Å²) in [7, 11) is 8.86. The Bertz CT molecular complexity index is 6190. The number of carbonyl (C=O) groups excluding carboxylic acids is 8. The second-order valence-electron chi connectivity index (χ2n) is 36.9. The number of aliphatic hydroxyl groups is 7. The predicted molar refractivity (Wildman–Crippen MR) is 524 cm³/mol. The summed E-state index contributed by atoms with van der Waals surface area (Å²) in [6.45, 7) is 4.89. The number of hydrogen-bond donors (Lipinski definition) is 20. The Balaban J connectivity index is 0.948. The summed E-state index contributed by atoms with van der Waals surface area (Å²) in [6, 6.07) is 21.2. The maximum absolute atomic E-state index is 17.2. The lowest BCUT2D eigenvalue weighted by Gasteiger charge is -2.42. The average molecular weight is 2040 g/mol. The third-order valence-corrected chi connectivity index (χ3v) is 26.3. The van der Waals surface area contributed by atoms with Crippen LogP contribution >= 0.6 is 23.2 Å². The highest BCUT2D eigenvalue weighted by atomic mass is 35.5. The molecule has 8 aliphatic heterocycles. The summed E-state index contributed by atoms with van der Waals surface area (Å²) in [5, 5.41) is 155. The standard InChI is InChI=1S/C103H118Cl2N12O28/c1-8-10-36-137-59-23-16-52(17-24-59)48-108-84-88(125)90(127)93(101(136)107-33-13-35-116(5)6)145-102(84)144-92-74-42-57-43-75(92)141-71-31-22-56(40-66(71)104)86(123)83-99(134)113-81(95(130)106-32-12-34-115(3)4)64-44-58(119)45-73(142-103-91(128)89(126)87(124)76(50-118)143-103)77(64)63-39-54(20-29-68(63)120)79(96(131)114-83)110-97(132)80(57)111-98(133)82-65-46-62(47-70(122)78(65)105)140-72-41-55(21-30-69(72)121)85(117(7)49-53-18-25-60(26-19-53)138-37-11-9-2)100(135)109-67(94(129)112-82)38-51-14-27-61(139-74)28-15-51/h14-31,39-47,67,76,79-91,93,102-103,108,118-128H,8-13,32-38,48-50H2,1-7H3,(H,106,130)(H,107,136)(H,109,135)(H,110,132)(H,111,133)(H,112,129)(H,113,134)(H,114,131)/t67-,76-,79-,80-,81+,82+,83?,84?,85-,86-,87-,88-,89+,90?,91+,93?,102-,103+/m1/s1. The number of unbranched alkanes of at least 4 members (excludes halogenated alkanes) is 2. The normalized spacial score (nSPS) is 24.2. The summed E-state index contributed by atoms with van der Waals surface area (Å²) in [4.78, 5) is 134. The number of ether oxygens (including phenoxy) is 9. The number of phenolic OH excluding ortho intramolecular Hbond substituents is 4. The molecule has 9 aromatic rings. The Morgan fingerprint density at radius 3 is 1.74 bits per heavy atom. The quantitative estimate of drug-likeness (QED) is 0.0228. The predicted octanol–water partition coefficient (Wildman–Crippen LogP) is 6.32. The molecular weight excluding hydrogens is 1920 g/mol. The van der Waals surface area contributed by atoms with E-state index in [4.69, 9.17) is 65.8 Å². The van der Waals surface area contributed by atoms with Crippen LogP contribution in [0.3, 0.4) is 0 Å². The molecule has 2 saturated heterocycles. The minimum atomic E-state index is -2.43. The molecular formula is C103H118Cl2N12O28. The SMILES string of the molecule is CCCCOc1ccc(CNC2[C@H](Oc3c4cc5cc3Oc3ccc(cc3Cl)[C@@H](O)C3NC(=O)[C@H](NC(=O)[C@@H]5NC(=O)[C@H]5NC(=O)[C@@H](Cc6ccc(cc6)O4)NC(=O)[C@H](N(C)Cc4ccc(OCCCC)cc4)c4ccc(O)c(c4)Oc4cc(O)c(Cl)c5c4)c4ccc(O)c(c4)-c4c(O[C@H]5O[C@H](CO)[C@@H](O)[C@H](O)[C@@H]5O)cc(O)cc4[C@@H](C(=O)NCCCN(C)C)NC3=O)OC(C(=O)NCCCN(C)C)C(O)[C@@H]2O)cc1. The van der Waals surface area contributed by atoms with Crippen molar-refractivity contribution in [1.82, 2.24) is 62.6 Å². The number of hydrogen-bond acceptors (Lipinski definition) is 32. The van der Waals surface area contributed by atoms with Crippen molar-refractivity contribution in [3.05, 3.63) is 224 Å². The monoisotopic (exact) mass is 2040 g/mol. The second kappa shape index (κ2) is 47.2. The number of aromatic hydroxyl groups is 4. The van der Waals surface area contributed by atoms with Gasteiger partial charge in [0.05, 0.1) is 35.9 Å². The van der Waals surface area contributed by atoms with Gasteiger partial charge in [0.25, 0.3) is 5.91 Å². The van der Waals surface area contributed by atoms with Gasteiger partial charge in [0.2, 0.25) is 59.7 Å². The minimum Gasteiger partial charge on any atom is -0.508 e. The van der Waals surface area contributed by atoms with E-state index in [0.29, 0.717) is 67.3 Å². The van der Waals surface area contributed by atoms with E-state index in [9.17, 15) is 61.0 Å². The zero-order chi connectivity index (χ0) is 103. The van der Waals surface area contributed by atoms with Crippen molar-refractivity contribution in [3.8, 4) is 91.6 Å². The van der Waals surface area contributed by atoms with E-state index < -0.39 is 259 Å². The van der Waals surface area contributed by atoms with Crippen molar-refractivity contribution in [2.45, 2.75) is 182 Å². The molecule has 42 heteroatoms. The number of rotatable bonds is 29. The zero-order valence-electron chi connectivity index (χ0n) is 80.3. The molecule has 4 unspecified atom stereocenters. The number of likely N-dealkylation sites (N-methyl/N-ethyl adjacent to an activating group) is 1. The van der Waals surface area contributed by atoms with Crippen molar-refractivity contribution in [2.75, 3.05) is 81.2 Å². The summed E-state index contributed by atoms with van der Waals surface area (Å²) < 4.78 is 58.2. The number of aliphatic hydroxyl groups excluding tert-OH is 7. The first-order valence-electron chi connectivity index (χ1n) is 47.6. The van der Waals surface area contributed by atoms with Gasteiger partial charge in [0.1, 0.15) is 137 Å². The van der Waals surface area contributed by atoms with Gasteiger partial charge in [0.15, 0.2) is 29.1 Å². The molecule has 17 rings (SSSR count). The van der Waals surface area contributed by atoms with Crippen molar-refractivity contribution >= 4 is 70.5 Å². The van der Waals surface area contributed by atoms with Crippen LogP contribution in [0.2, 0.25) is 10.0 Å². The maximum atomic E-state index is 17.2. The Hall–Kier alpha value is -13.4. The van der Waals surface area contributed by atoms with Crippen LogP contribution in [0.5, 0.6) is 80.5 Å². The third kappa shape index (κ3) is 24.9. The first-order chi connectivity index (χ1) is 69.5. The van der Waals surface area contributed by atoms with Gasteiger partial charge in [-0.3, -0.25) is 43.3 Å². The first-order valence-corrected chi connectivity index (χ1v) is 48.3. The minimum absolute atomic E-state index is 0.0619. The Morgan fingerprint density at radius 2 is 1.09 bits per heavy atom. The molecule has 9 aromatic carbocycles. The van der Waals surface area contributed by atoms with E-state index in [-0.39, 0.29) is 60.3 Å². The third-order valence-electron chi connectivity index (χ3n) is 25.5. The lowest BCUT2D eigenvalue weighted by Crippen LogP contribution is -2.66. The number of nitrogens with zero attached hydrogens (tertiary/aromatic N) is 3. The van der Waals surface area contributed by atoms with E-state index in [1.165, 1.54) is 54.6 Å². The topological polar surface area (TPSA) is 560 Å². The molecule has 0 saturated carbocycles. The largest absolute Gasteiger partial charge is 0.508 e. The second-order valence-corrected chi connectivity index (χ2v) is 37.6. The van der Waals surface area contributed by atoms with Crippen LogP contribution in [0.25, 0.3) is 11.1 Å². The number of halogens is 2. The van der Waals surface area contributed by atoms with Crippen LogP contribution in [0, 0.1) is 0 Å². The Kier molecular flexibility index (Phi) is 34.5. The highest BCUT2D eigenvalue weighted by Crippen LogP contribution is 2.51. The van der Waals surface area contributed by atoms with Crippen LogP contribution in [0.15, 0.2) is 164 Å². The molecule has 145 heavy (non-hydrogen) atoms. The highest BCUT2D eigenvalue weighted by molar-refractivity contribution is 6.33. The summed E-state index contributed by atoms with van der Waals surface area (Å²) in [5.74, 6) is -14.5. The number of amides is 8. The summed E-state index contributed by atoms with van der Waals surface area (Å²) in [6.07, 6.45) is -16.4. The van der Waals surface area contributed by atoms with E-state index in [1.54, 1.807) is 62.4 Å². The van der Waals surface area contributed by atoms with Crippen molar-refractivity contribution in [3.63, 3.8) is 0 Å². The fraction of sp³-hybridized carbons (Fsp3) is 0.398. The van der Waals surface area contributed by atoms with E-state index >= 15 is 33.6 Å². The number of phenols is 4. The van der Waals surface area contributed by atoms with Crippen LogP contribution in [0.1, 0.15) is 139 Å². The van der Waals surface area contributed by atoms with Gasteiger partial charge < -0.3 is 156 Å². The van der Waals surface area contributed by atoms with E-state index in [1.807, 2.05) is 49.9 Å². The lowest BCUT2D eigenvalue weighted by atomic mass is 9.89. The molecule has 8 heterocycles. The van der Waals surface area contributed by atoms with Crippen LogP contribution in [0.4, 0.5) is 0 Å². The van der Waals surface area contributed by atoms with Gasteiger partial charge >= 0.3 is 0 Å². The zero-order valence-corrected chi connectivity index (χ0v) is 81.8. The molecule has 18 atom stereocenters. The van der Waals surface area contributed by atoms with Crippen molar-refractivity contribution in [2.24, 2.45) is 0 Å². The molecule has 40 nitrogen and oxygen atoms in total. The van der Waals surface area contributed by atoms with Crippen molar-refractivity contribution in [1.29, 1.82) is 0 Å². The summed E-state index contributed by atoms with van der Waals surface area (Å²) >= 11 is 14.6. The average Bonchev–Trinajstić information content (AvgIpc) is 0.754. The number of benzene rings is 9. The fourth-order valence-corrected chi connectivity index (χ4v) is 18.2. The molecule has 8 aliphatic rings. The van der Waals surface area contributed by atoms with Crippen LogP contribution < -0.4 is 81.0 Å². The number of carbonyl (C=O) groups is 8. The Labute approximate surface area is 844 Å². The van der Waals surface area contributed by atoms with Gasteiger partial charge in [-0.05, 0) is 216 Å². The van der Waals surface area contributed by atoms with Gasteiger partial charge in [-0.1, -0.05) is 104 Å². The van der Waals surface area contributed by atoms with Crippen LogP contribution in [-0.2, 0) is 67.3 Å². The molecule has 8 amide bonds. The lowest BCUT2D eigenvalue weighted by molar-refractivity contribution is -0.277. The fourth-order valence-electron chi connectivity index (χ4n) is 17.7. The van der Waals surface area contributed by atoms with E-state index in [2.05, 4.69) is 47.9 Å². The van der Waals surface area contributed by atoms with Gasteiger partial charge in [-0.25, -0.2) is 0 Å². The highest BCUT2D eigenvalue weighted by Gasteiger charge is 2.51.